The number of carbonyl (C=O) groups excluding carboxylic acids is 1. The number of hydrogen-bond donors (Lipinski definition) is 0. The standard InChI is InChI=1S/C36H38O4/c1-35(2)18-19-36(3,4)32-21-26(14-17-31(32)35)30-20-25(12-15-28(30)24-10-8-7-9-11-24)29-16-13-27(34(37)39-6)22-33(29)40-23-38-5/h7-17,20-22H,18-19,23H2,1-6H3. The summed E-state index contributed by atoms with van der Waals surface area (Å²) in [6.07, 6.45) is 2.34. The lowest BCUT2D eigenvalue weighted by Crippen LogP contribution is -2.33. The van der Waals surface area contributed by atoms with Crippen LogP contribution in [0.25, 0.3) is 33.4 Å². The highest BCUT2D eigenvalue weighted by atomic mass is 16.7. The maximum absolute atomic E-state index is 12.2. The molecule has 0 fully saturated rings. The Morgan fingerprint density at radius 1 is 0.675 bits per heavy atom. The second-order valence-electron chi connectivity index (χ2n) is 11.9. The van der Waals surface area contributed by atoms with Crippen molar-refractivity contribution < 1.29 is 19.0 Å². The average Bonchev–Trinajstić information content (AvgIpc) is 2.98. The third-order valence-electron chi connectivity index (χ3n) is 8.31. The number of ether oxygens (including phenoxy) is 3. The maximum atomic E-state index is 12.2. The first kappa shape index (κ1) is 27.7. The quantitative estimate of drug-likeness (QED) is 0.176. The molecular formula is C36H38O4. The molecule has 0 heterocycles. The van der Waals surface area contributed by atoms with E-state index in [4.69, 9.17) is 14.2 Å². The minimum Gasteiger partial charge on any atom is -0.467 e. The zero-order valence-electron chi connectivity index (χ0n) is 24.3. The zero-order chi connectivity index (χ0) is 28.5. The Labute approximate surface area is 237 Å². The van der Waals surface area contributed by atoms with Crippen LogP contribution < -0.4 is 4.74 Å². The van der Waals surface area contributed by atoms with E-state index >= 15 is 0 Å². The van der Waals surface area contributed by atoms with Crippen LogP contribution in [0.15, 0.2) is 84.9 Å². The van der Waals surface area contributed by atoms with E-state index in [1.54, 1.807) is 19.2 Å². The van der Waals surface area contributed by atoms with Crippen molar-refractivity contribution in [1.29, 1.82) is 0 Å². The predicted molar refractivity (Wildman–Crippen MR) is 162 cm³/mol. The molecule has 0 radical (unpaired) electrons. The molecule has 0 atom stereocenters. The van der Waals surface area contributed by atoms with Gasteiger partial charge in [0.25, 0.3) is 0 Å². The third-order valence-corrected chi connectivity index (χ3v) is 8.31. The van der Waals surface area contributed by atoms with Gasteiger partial charge < -0.3 is 14.2 Å². The number of carbonyl (C=O) groups is 1. The largest absolute Gasteiger partial charge is 0.467 e. The second-order valence-corrected chi connectivity index (χ2v) is 11.9. The lowest BCUT2D eigenvalue weighted by Gasteiger charge is -2.42. The van der Waals surface area contributed by atoms with Crippen LogP contribution in [0.5, 0.6) is 5.75 Å². The van der Waals surface area contributed by atoms with Gasteiger partial charge in [0.1, 0.15) is 5.75 Å². The zero-order valence-corrected chi connectivity index (χ0v) is 24.3. The van der Waals surface area contributed by atoms with Crippen LogP contribution in [-0.2, 0) is 20.3 Å². The Morgan fingerprint density at radius 3 is 2.02 bits per heavy atom. The molecule has 4 heteroatoms. The van der Waals surface area contributed by atoms with Crippen LogP contribution in [0.4, 0.5) is 0 Å². The van der Waals surface area contributed by atoms with Gasteiger partial charge in [0.15, 0.2) is 6.79 Å². The Bertz CT molecular complexity index is 1530. The summed E-state index contributed by atoms with van der Waals surface area (Å²) in [7, 11) is 2.96. The SMILES string of the molecule is COCOc1cc(C(=O)OC)ccc1-c1ccc(-c2ccccc2)c(-c2ccc3c(c2)C(C)(C)CCC3(C)C)c1. The summed E-state index contributed by atoms with van der Waals surface area (Å²) < 4.78 is 16.0. The first-order chi connectivity index (χ1) is 19.1. The van der Waals surface area contributed by atoms with Crippen LogP contribution in [0.2, 0.25) is 0 Å². The normalized spacial score (nSPS) is 15.2. The fourth-order valence-electron chi connectivity index (χ4n) is 5.82. The molecule has 0 unspecified atom stereocenters. The van der Waals surface area contributed by atoms with Crippen molar-refractivity contribution in [1.82, 2.24) is 0 Å². The number of fused-ring (bicyclic) bond motifs is 1. The monoisotopic (exact) mass is 534 g/mol. The van der Waals surface area contributed by atoms with Gasteiger partial charge in [-0.05, 0) is 86.9 Å². The fraction of sp³-hybridized carbons (Fsp3) is 0.306. The summed E-state index contributed by atoms with van der Waals surface area (Å²) in [5.41, 5.74) is 10.1. The second kappa shape index (κ2) is 10.9. The van der Waals surface area contributed by atoms with E-state index < -0.39 is 5.97 Å². The van der Waals surface area contributed by atoms with Gasteiger partial charge in [0.2, 0.25) is 0 Å². The number of rotatable bonds is 7. The number of benzene rings is 4. The molecule has 40 heavy (non-hydrogen) atoms. The predicted octanol–water partition coefficient (Wildman–Crippen LogP) is 8.81. The number of methoxy groups -OCH3 is 2. The molecule has 1 aliphatic carbocycles. The average molecular weight is 535 g/mol. The molecule has 206 valence electrons. The molecule has 4 nitrogen and oxygen atoms in total. The van der Waals surface area contributed by atoms with Crippen LogP contribution >= 0.6 is 0 Å². The van der Waals surface area contributed by atoms with Gasteiger partial charge in [-0.3, -0.25) is 0 Å². The summed E-state index contributed by atoms with van der Waals surface area (Å²) in [6.45, 7) is 9.51. The molecule has 1 aliphatic rings. The Balaban J connectivity index is 1.71. The van der Waals surface area contributed by atoms with Gasteiger partial charge in [0.05, 0.1) is 12.7 Å². The van der Waals surface area contributed by atoms with E-state index in [-0.39, 0.29) is 17.6 Å². The lowest BCUT2D eigenvalue weighted by atomic mass is 9.63. The molecule has 0 aromatic heterocycles. The lowest BCUT2D eigenvalue weighted by molar-refractivity contribution is 0.0507. The van der Waals surface area contributed by atoms with E-state index in [0.29, 0.717) is 11.3 Å². The number of esters is 1. The molecule has 0 bridgehead atoms. The van der Waals surface area contributed by atoms with Gasteiger partial charge in [0, 0.05) is 12.7 Å². The summed E-state index contributed by atoms with van der Waals surface area (Å²) >= 11 is 0. The van der Waals surface area contributed by atoms with Gasteiger partial charge in [-0.2, -0.15) is 0 Å². The van der Waals surface area contributed by atoms with Crippen LogP contribution in [-0.4, -0.2) is 27.0 Å². The van der Waals surface area contributed by atoms with Crippen molar-refractivity contribution in [2.75, 3.05) is 21.0 Å². The molecule has 0 spiro atoms. The third kappa shape index (κ3) is 5.29. The summed E-state index contributed by atoms with van der Waals surface area (Å²) in [5, 5.41) is 0. The van der Waals surface area contributed by atoms with E-state index in [0.717, 1.165) is 23.1 Å². The van der Waals surface area contributed by atoms with Crippen molar-refractivity contribution in [2.45, 2.75) is 51.4 Å². The van der Waals surface area contributed by atoms with E-state index in [1.807, 2.05) is 12.1 Å². The maximum Gasteiger partial charge on any atom is 0.337 e. The fourth-order valence-corrected chi connectivity index (χ4v) is 5.82. The van der Waals surface area contributed by atoms with Crippen molar-refractivity contribution in [2.24, 2.45) is 0 Å². The molecule has 4 aromatic carbocycles. The van der Waals surface area contributed by atoms with Crippen LogP contribution in [0.3, 0.4) is 0 Å². The molecule has 0 aliphatic heterocycles. The first-order valence-corrected chi connectivity index (χ1v) is 13.8. The molecule has 0 N–H and O–H groups in total. The molecule has 4 aromatic rings. The molecule has 5 rings (SSSR count). The van der Waals surface area contributed by atoms with Gasteiger partial charge in [-0.1, -0.05) is 88.4 Å². The van der Waals surface area contributed by atoms with Crippen molar-refractivity contribution in [3.05, 3.63) is 102 Å². The minimum atomic E-state index is -0.409. The Hall–Kier alpha value is -3.89. The van der Waals surface area contributed by atoms with Crippen molar-refractivity contribution in [3.8, 4) is 39.1 Å². The Morgan fingerprint density at radius 2 is 1.32 bits per heavy atom. The molecule has 0 saturated heterocycles. The number of hydrogen-bond acceptors (Lipinski definition) is 4. The van der Waals surface area contributed by atoms with Crippen molar-refractivity contribution in [3.63, 3.8) is 0 Å². The minimum absolute atomic E-state index is 0.0717. The Kier molecular flexibility index (Phi) is 7.57. The highest BCUT2D eigenvalue weighted by Crippen LogP contribution is 2.48. The summed E-state index contributed by atoms with van der Waals surface area (Å²) in [6, 6.07) is 29.5. The van der Waals surface area contributed by atoms with E-state index in [9.17, 15) is 4.79 Å². The highest BCUT2D eigenvalue weighted by molar-refractivity contribution is 5.92. The van der Waals surface area contributed by atoms with Gasteiger partial charge in [-0.15, -0.1) is 0 Å². The van der Waals surface area contributed by atoms with Crippen molar-refractivity contribution >= 4 is 5.97 Å². The topological polar surface area (TPSA) is 44.8 Å². The van der Waals surface area contributed by atoms with Crippen LogP contribution in [0, 0.1) is 0 Å². The van der Waals surface area contributed by atoms with E-state index in [1.165, 1.54) is 41.3 Å². The summed E-state index contributed by atoms with van der Waals surface area (Å²) in [4.78, 5) is 12.2. The smallest absolute Gasteiger partial charge is 0.337 e. The van der Waals surface area contributed by atoms with Gasteiger partial charge >= 0.3 is 5.97 Å². The molecule has 0 amide bonds. The molecule has 0 saturated carbocycles. The van der Waals surface area contributed by atoms with E-state index in [2.05, 4.69) is 88.4 Å². The highest BCUT2D eigenvalue weighted by Gasteiger charge is 2.37. The van der Waals surface area contributed by atoms with Gasteiger partial charge in [-0.25, -0.2) is 4.79 Å². The summed E-state index contributed by atoms with van der Waals surface area (Å²) in [5.74, 6) is 0.157. The molecular weight excluding hydrogens is 496 g/mol. The first-order valence-electron chi connectivity index (χ1n) is 13.8. The van der Waals surface area contributed by atoms with Crippen LogP contribution in [0.1, 0.15) is 62.0 Å².